The Balaban J connectivity index is 1.96. The quantitative estimate of drug-likeness (QED) is 0.725. The van der Waals surface area contributed by atoms with E-state index >= 15 is 0 Å². The fourth-order valence-corrected chi connectivity index (χ4v) is 2.26. The van der Waals surface area contributed by atoms with Gasteiger partial charge in [-0.05, 0) is 25.0 Å². The lowest BCUT2D eigenvalue weighted by molar-refractivity contribution is -0.114. The lowest BCUT2D eigenvalue weighted by Crippen LogP contribution is -2.27. The van der Waals surface area contributed by atoms with Gasteiger partial charge in [-0.15, -0.1) is 0 Å². The molecule has 1 fully saturated rings. The largest absolute Gasteiger partial charge is 0.327 e. The molecular formula is C12H11FN2O. The molecule has 0 atom stereocenters. The van der Waals surface area contributed by atoms with Gasteiger partial charge in [0.15, 0.2) is 0 Å². The maximum Gasteiger partial charge on any atom is 0.125 e. The second kappa shape index (κ2) is 3.40. The van der Waals surface area contributed by atoms with Gasteiger partial charge >= 0.3 is 0 Å². The van der Waals surface area contributed by atoms with Gasteiger partial charge in [-0.3, -0.25) is 0 Å². The molecule has 4 heteroatoms. The Labute approximate surface area is 91.9 Å². The molecule has 1 heterocycles. The van der Waals surface area contributed by atoms with Crippen molar-refractivity contribution in [1.82, 2.24) is 9.55 Å². The number of nitrogens with zero attached hydrogens (tertiary/aromatic N) is 2. The van der Waals surface area contributed by atoms with Crippen LogP contribution >= 0.6 is 0 Å². The van der Waals surface area contributed by atoms with Gasteiger partial charge in [-0.1, -0.05) is 0 Å². The Hall–Kier alpha value is -1.71. The molecule has 3 nitrogen and oxygen atoms in total. The van der Waals surface area contributed by atoms with Gasteiger partial charge in [0.05, 0.1) is 17.4 Å². The number of hydrogen-bond donors (Lipinski definition) is 0. The number of aromatic nitrogens is 2. The zero-order valence-corrected chi connectivity index (χ0v) is 8.64. The molecule has 16 heavy (non-hydrogen) atoms. The summed E-state index contributed by atoms with van der Waals surface area (Å²) in [6, 6.07) is 4.95. The SMILES string of the molecule is O=CC1CC(n2cnc3cc(F)ccc32)C1. The van der Waals surface area contributed by atoms with Gasteiger partial charge in [-0.2, -0.15) is 0 Å². The molecular weight excluding hydrogens is 207 g/mol. The molecule has 1 aromatic heterocycles. The Morgan fingerprint density at radius 2 is 2.25 bits per heavy atom. The monoisotopic (exact) mass is 218 g/mol. The Kier molecular flexibility index (Phi) is 2.02. The molecule has 1 aromatic carbocycles. The van der Waals surface area contributed by atoms with E-state index in [1.165, 1.54) is 12.1 Å². The normalized spacial score (nSPS) is 24.3. The maximum absolute atomic E-state index is 13.0. The molecule has 0 unspecified atom stereocenters. The molecule has 3 rings (SSSR count). The summed E-state index contributed by atoms with van der Waals surface area (Å²) in [5, 5.41) is 0. The molecule has 82 valence electrons. The first-order valence-corrected chi connectivity index (χ1v) is 5.35. The summed E-state index contributed by atoms with van der Waals surface area (Å²) in [6.07, 6.45) is 4.48. The number of imidazole rings is 1. The smallest absolute Gasteiger partial charge is 0.125 e. The average Bonchev–Trinajstić information content (AvgIpc) is 2.60. The maximum atomic E-state index is 13.0. The second-order valence-electron chi connectivity index (χ2n) is 4.31. The van der Waals surface area contributed by atoms with Gasteiger partial charge in [0.2, 0.25) is 0 Å². The van der Waals surface area contributed by atoms with Crippen LogP contribution in [0.25, 0.3) is 11.0 Å². The summed E-state index contributed by atoms with van der Waals surface area (Å²) in [7, 11) is 0. The van der Waals surface area contributed by atoms with Crippen molar-refractivity contribution in [2.75, 3.05) is 0 Å². The molecule has 1 aliphatic rings. The lowest BCUT2D eigenvalue weighted by atomic mass is 9.81. The number of carbonyl (C=O) groups is 1. The summed E-state index contributed by atoms with van der Waals surface area (Å²) >= 11 is 0. The van der Waals surface area contributed by atoms with Crippen molar-refractivity contribution in [2.45, 2.75) is 18.9 Å². The van der Waals surface area contributed by atoms with E-state index in [0.29, 0.717) is 11.6 Å². The number of hydrogen-bond acceptors (Lipinski definition) is 2. The van der Waals surface area contributed by atoms with E-state index < -0.39 is 0 Å². The second-order valence-corrected chi connectivity index (χ2v) is 4.31. The first-order chi connectivity index (χ1) is 7.78. The number of halogens is 1. The molecule has 0 bridgehead atoms. The Morgan fingerprint density at radius 1 is 1.44 bits per heavy atom. The summed E-state index contributed by atoms with van der Waals surface area (Å²) in [5.41, 5.74) is 1.62. The highest BCUT2D eigenvalue weighted by molar-refractivity contribution is 5.75. The first-order valence-electron chi connectivity index (χ1n) is 5.35. The van der Waals surface area contributed by atoms with E-state index in [4.69, 9.17) is 0 Å². The van der Waals surface area contributed by atoms with Crippen molar-refractivity contribution in [1.29, 1.82) is 0 Å². The van der Waals surface area contributed by atoms with E-state index in [2.05, 4.69) is 4.98 Å². The van der Waals surface area contributed by atoms with Crippen LogP contribution in [0.1, 0.15) is 18.9 Å². The molecule has 0 aliphatic heterocycles. The van der Waals surface area contributed by atoms with Crippen LogP contribution in [-0.2, 0) is 4.79 Å². The van der Waals surface area contributed by atoms with Crippen LogP contribution in [0.5, 0.6) is 0 Å². The number of fused-ring (bicyclic) bond motifs is 1. The molecule has 2 aromatic rings. The van der Waals surface area contributed by atoms with E-state index in [9.17, 15) is 9.18 Å². The third-order valence-corrected chi connectivity index (χ3v) is 3.27. The van der Waals surface area contributed by atoms with Crippen molar-refractivity contribution in [3.63, 3.8) is 0 Å². The minimum atomic E-state index is -0.267. The highest BCUT2D eigenvalue weighted by Crippen LogP contribution is 2.38. The van der Waals surface area contributed by atoms with Crippen molar-refractivity contribution < 1.29 is 9.18 Å². The highest BCUT2D eigenvalue weighted by Gasteiger charge is 2.30. The number of aldehydes is 1. The zero-order valence-electron chi connectivity index (χ0n) is 8.64. The van der Waals surface area contributed by atoms with Crippen LogP contribution in [0.3, 0.4) is 0 Å². The molecule has 0 spiro atoms. The van der Waals surface area contributed by atoms with Crippen molar-refractivity contribution in [3.8, 4) is 0 Å². The van der Waals surface area contributed by atoms with Gasteiger partial charge in [0.25, 0.3) is 0 Å². The van der Waals surface area contributed by atoms with Crippen LogP contribution in [-0.4, -0.2) is 15.8 Å². The molecule has 1 aliphatic carbocycles. The van der Waals surface area contributed by atoms with Crippen LogP contribution in [0.2, 0.25) is 0 Å². The number of carbonyl (C=O) groups excluding carboxylic acids is 1. The fourth-order valence-electron chi connectivity index (χ4n) is 2.26. The lowest BCUT2D eigenvalue weighted by Gasteiger charge is -2.32. The Bertz CT molecular complexity index is 543. The van der Waals surface area contributed by atoms with Gasteiger partial charge in [-0.25, -0.2) is 9.37 Å². The summed E-state index contributed by atoms with van der Waals surface area (Å²) in [4.78, 5) is 14.7. The van der Waals surface area contributed by atoms with E-state index in [1.807, 2.05) is 4.57 Å². The van der Waals surface area contributed by atoms with Crippen LogP contribution in [0, 0.1) is 11.7 Å². The van der Waals surface area contributed by atoms with E-state index in [0.717, 1.165) is 24.6 Å². The van der Waals surface area contributed by atoms with E-state index in [-0.39, 0.29) is 11.7 Å². The average molecular weight is 218 g/mol. The molecule has 0 radical (unpaired) electrons. The molecule has 1 saturated carbocycles. The third kappa shape index (κ3) is 1.33. The Morgan fingerprint density at radius 3 is 3.00 bits per heavy atom. The third-order valence-electron chi connectivity index (χ3n) is 3.27. The number of benzene rings is 1. The minimum absolute atomic E-state index is 0.183. The van der Waals surface area contributed by atoms with Crippen molar-refractivity contribution in [2.24, 2.45) is 5.92 Å². The van der Waals surface area contributed by atoms with Crippen LogP contribution < -0.4 is 0 Å². The highest BCUT2D eigenvalue weighted by atomic mass is 19.1. The van der Waals surface area contributed by atoms with E-state index in [1.54, 1.807) is 12.4 Å². The minimum Gasteiger partial charge on any atom is -0.327 e. The number of rotatable bonds is 2. The molecule has 0 amide bonds. The predicted molar refractivity (Wildman–Crippen MR) is 57.5 cm³/mol. The van der Waals surface area contributed by atoms with Gasteiger partial charge < -0.3 is 9.36 Å². The van der Waals surface area contributed by atoms with Crippen molar-refractivity contribution >= 4 is 17.3 Å². The summed E-state index contributed by atoms with van der Waals surface area (Å²) in [5.74, 6) is -0.0833. The molecule has 0 N–H and O–H groups in total. The zero-order chi connectivity index (χ0) is 11.1. The fraction of sp³-hybridized carbons (Fsp3) is 0.333. The van der Waals surface area contributed by atoms with Crippen molar-refractivity contribution in [3.05, 3.63) is 30.3 Å². The van der Waals surface area contributed by atoms with Crippen LogP contribution in [0.4, 0.5) is 4.39 Å². The van der Waals surface area contributed by atoms with Crippen LogP contribution in [0.15, 0.2) is 24.5 Å². The van der Waals surface area contributed by atoms with Gasteiger partial charge in [0.1, 0.15) is 12.1 Å². The summed E-state index contributed by atoms with van der Waals surface area (Å²) in [6.45, 7) is 0. The molecule has 0 saturated heterocycles. The topological polar surface area (TPSA) is 34.9 Å². The predicted octanol–water partition coefficient (Wildman–Crippen LogP) is 2.33. The van der Waals surface area contributed by atoms with Gasteiger partial charge in [0, 0.05) is 18.0 Å². The summed E-state index contributed by atoms with van der Waals surface area (Å²) < 4.78 is 15.0. The standard InChI is InChI=1S/C12H11FN2O/c13-9-1-2-12-11(5-9)14-7-15(12)10-3-8(4-10)6-16/h1-2,5-8,10H,3-4H2. The first kappa shape index (κ1) is 9.51.